The Labute approximate surface area is 126 Å². The van der Waals surface area contributed by atoms with Crippen LogP contribution in [0.4, 0.5) is 5.69 Å². The van der Waals surface area contributed by atoms with Crippen LogP contribution in [0.5, 0.6) is 0 Å². The zero-order chi connectivity index (χ0) is 18.5. The first-order chi connectivity index (χ1) is 11.7. The Morgan fingerprint density at radius 3 is 3.05 bits per heavy atom. The molecule has 1 unspecified atom stereocenters. The molecule has 1 aromatic carbocycles. The van der Waals surface area contributed by atoms with Gasteiger partial charge in [-0.1, -0.05) is 6.04 Å². The summed E-state index contributed by atoms with van der Waals surface area (Å²) in [6, 6.07) is -1.42. The van der Waals surface area contributed by atoms with E-state index in [1.54, 1.807) is 0 Å². The van der Waals surface area contributed by atoms with Crippen LogP contribution >= 0.6 is 0 Å². The molecule has 2 aromatic rings. The summed E-state index contributed by atoms with van der Waals surface area (Å²) in [6.07, 6.45) is -0.660. The SMILES string of the molecule is [2H]Cc1nc2c([2H])c([2H])cc(N)c2c(=O)n1C1([2H])CCC(=O)CC1=O. The van der Waals surface area contributed by atoms with Gasteiger partial charge in [-0.25, -0.2) is 4.98 Å². The molecule has 1 aromatic heterocycles. The van der Waals surface area contributed by atoms with Gasteiger partial charge in [0.2, 0.25) is 0 Å². The molecule has 0 spiro atoms. The number of anilines is 1. The van der Waals surface area contributed by atoms with E-state index < -0.39 is 30.7 Å². The fourth-order valence-corrected chi connectivity index (χ4v) is 2.45. The second-order valence-corrected chi connectivity index (χ2v) is 4.85. The van der Waals surface area contributed by atoms with E-state index >= 15 is 0 Å². The Morgan fingerprint density at radius 1 is 1.52 bits per heavy atom. The molecule has 1 aliphatic rings. The van der Waals surface area contributed by atoms with Crippen molar-refractivity contribution in [2.75, 3.05) is 5.73 Å². The first-order valence-electron chi connectivity index (χ1n) is 8.57. The van der Waals surface area contributed by atoms with Gasteiger partial charge < -0.3 is 5.73 Å². The van der Waals surface area contributed by atoms with Gasteiger partial charge in [-0.3, -0.25) is 19.0 Å². The molecule has 1 atom stereocenters. The summed E-state index contributed by atoms with van der Waals surface area (Å²) in [5.74, 6) is -1.20. The van der Waals surface area contributed by atoms with E-state index in [0.717, 1.165) is 10.6 Å². The summed E-state index contributed by atoms with van der Waals surface area (Å²) in [6.45, 7) is -0.505. The molecule has 0 radical (unpaired) electrons. The number of nitrogens with two attached hydrogens (primary N) is 1. The zero-order valence-electron chi connectivity index (χ0n) is 15.1. The Bertz CT molecular complexity index is 988. The highest BCUT2D eigenvalue weighted by molar-refractivity contribution is 6.03. The van der Waals surface area contributed by atoms with Gasteiger partial charge in [0.15, 0.2) is 5.78 Å². The number of nitrogen functional groups attached to an aromatic ring is 1. The highest BCUT2D eigenvalue weighted by Gasteiger charge is 2.30. The number of ketones is 2. The molecule has 2 N–H and O–H groups in total. The average molecular weight is 289 g/mol. The first kappa shape index (κ1) is 9.44. The molecule has 1 saturated carbocycles. The van der Waals surface area contributed by atoms with Crippen molar-refractivity contribution in [3.63, 3.8) is 0 Å². The van der Waals surface area contributed by atoms with Gasteiger partial charge in [-0.05, 0) is 25.4 Å². The van der Waals surface area contributed by atoms with E-state index in [-0.39, 0.29) is 53.1 Å². The summed E-state index contributed by atoms with van der Waals surface area (Å²) < 4.78 is 32.5. The van der Waals surface area contributed by atoms with E-state index in [1.165, 1.54) is 0 Å². The number of nitrogens with zero attached hydrogens (tertiary/aromatic N) is 2. The molecular weight excluding hydrogens is 270 g/mol. The van der Waals surface area contributed by atoms with Crippen molar-refractivity contribution in [2.24, 2.45) is 0 Å². The molecule has 6 nitrogen and oxygen atoms in total. The molecule has 6 heteroatoms. The number of rotatable bonds is 1. The van der Waals surface area contributed by atoms with Crippen LogP contribution in [0.2, 0.25) is 0 Å². The lowest BCUT2D eigenvalue weighted by Crippen LogP contribution is -2.36. The largest absolute Gasteiger partial charge is 0.398 e. The number of carbonyl (C=O) groups excluding carboxylic acids is 2. The van der Waals surface area contributed by atoms with E-state index in [4.69, 9.17) is 11.2 Å². The normalized spacial score (nSPS) is 25.3. The third-order valence-corrected chi connectivity index (χ3v) is 3.45. The summed E-state index contributed by atoms with van der Waals surface area (Å²) in [7, 11) is 0. The summed E-state index contributed by atoms with van der Waals surface area (Å²) in [4.78, 5) is 40.9. The zero-order valence-corrected chi connectivity index (χ0v) is 11.1. The molecule has 3 rings (SSSR count). The molecule has 0 aliphatic heterocycles. The van der Waals surface area contributed by atoms with Gasteiger partial charge in [-0.2, -0.15) is 0 Å². The van der Waals surface area contributed by atoms with Crippen LogP contribution in [0.1, 0.15) is 36.6 Å². The van der Waals surface area contributed by atoms with Crippen molar-refractivity contribution in [1.29, 1.82) is 0 Å². The van der Waals surface area contributed by atoms with Crippen LogP contribution in [-0.4, -0.2) is 21.1 Å². The number of hydrogen-bond donors (Lipinski definition) is 1. The Hall–Kier alpha value is -2.50. The van der Waals surface area contributed by atoms with Gasteiger partial charge in [0, 0.05) is 13.5 Å². The third-order valence-electron chi connectivity index (χ3n) is 3.45. The van der Waals surface area contributed by atoms with Crippen molar-refractivity contribution in [2.45, 2.75) is 32.2 Å². The molecule has 0 saturated heterocycles. The minimum absolute atomic E-state index is 0.0258. The van der Waals surface area contributed by atoms with Crippen LogP contribution in [0.25, 0.3) is 10.9 Å². The molecule has 21 heavy (non-hydrogen) atoms. The molecule has 0 bridgehead atoms. The smallest absolute Gasteiger partial charge is 0.264 e. The summed E-state index contributed by atoms with van der Waals surface area (Å²) >= 11 is 0. The number of Topliss-reactive ketones (excluding diaryl/α,β-unsaturated/α-hetero) is 2. The van der Waals surface area contributed by atoms with Gasteiger partial charge in [0.05, 0.1) is 27.5 Å². The highest BCUT2D eigenvalue weighted by Crippen LogP contribution is 2.24. The van der Waals surface area contributed by atoms with Crippen LogP contribution in [0, 0.1) is 6.90 Å². The number of aryl methyl sites for hydroxylation is 1. The van der Waals surface area contributed by atoms with Crippen LogP contribution in [-0.2, 0) is 9.59 Å². The molecule has 0 amide bonds. The van der Waals surface area contributed by atoms with E-state index in [2.05, 4.69) is 4.98 Å². The standard InChI is InChI=1S/C15H15N3O3/c1-8-17-11-4-2-3-10(16)14(11)15(21)18(8)12-6-5-9(19)7-13(12)20/h2-4,12H,5-7,16H2,1H3/i1D,2D,4D,12D. The van der Waals surface area contributed by atoms with Gasteiger partial charge in [-0.15, -0.1) is 0 Å². The lowest BCUT2D eigenvalue weighted by Gasteiger charge is -2.24. The number of fused-ring (bicyclic) bond motifs is 1. The van der Waals surface area contributed by atoms with Crippen molar-refractivity contribution < 1.29 is 15.1 Å². The Kier molecular flexibility index (Phi) is 2.16. The second-order valence-electron chi connectivity index (χ2n) is 4.85. The molecular formula is C15H15N3O3. The topological polar surface area (TPSA) is 95.0 Å². The fourth-order valence-electron chi connectivity index (χ4n) is 2.45. The molecule has 1 fully saturated rings. The van der Waals surface area contributed by atoms with Gasteiger partial charge in [0.1, 0.15) is 11.6 Å². The number of aromatic nitrogens is 2. The molecule has 1 aliphatic carbocycles. The Morgan fingerprint density at radius 2 is 2.33 bits per heavy atom. The molecule has 108 valence electrons. The lowest BCUT2D eigenvalue weighted by atomic mass is 9.92. The predicted molar refractivity (Wildman–Crippen MR) is 78.1 cm³/mol. The van der Waals surface area contributed by atoms with E-state index in [0.29, 0.717) is 0 Å². The van der Waals surface area contributed by atoms with Crippen molar-refractivity contribution in [1.82, 2.24) is 9.55 Å². The minimum Gasteiger partial charge on any atom is -0.398 e. The maximum Gasteiger partial charge on any atom is 0.264 e. The van der Waals surface area contributed by atoms with Crippen LogP contribution < -0.4 is 11.3 Å². The van der Waals surface area contributed by atoms with E-state index in [1.807, 2.05) is 0 Å². The van der Waals surface area contributed by atoms with E-state index in [9.17, 15) is 14.4 Å². The lowest BCUT2D eigenvalue weighted by molar-refractivity contribution is -0.132. The quantitative estimate of drug-likeness (QED) is 0.627. The van der Waals surface area contributed by atoms with Crippen molar-refractivity contribution >= 4 is 28.2 Å². The van der Waals surface area contributed by atoms with Crippen LogP contribution in [0.3, 0.4) is 0 Å². The third kappa shape index (κ3) is 2.12. The average Bonchev–Trinajstić information content (AvgIpc) is 2.55. The number of benzene rings is 1. The fraction of sp³-hybridized carbons (Fsp3) is 0.333. The summed E-state index contributed by atoms with van der Waals surface area (Å²) in [5.41, 5.74) is 4.79. The minimum atomic E-state index is -2.03. The van der Waals surface area contributed by atoms with Gasteiger partial charge >= 0.3 is 0 Å². The second kappa shape index (κ2) is 4.80. The van der Waals surface area contributed by atoms with Crippen molar-refractivity contribution in [3.8, 4) is 0 Å². The van der Waals surface area contributed by atoms with Crippen molar-refractivity contribution in [3.05, 3.63) is 34.3 Å². The maximum absolute atomic E-state index is 13.0. The number of hydrogen-bond acceptors (Lipinski definition) is 5. The van der Waals surface area contributed by atoms with Gasteiger partial charge in [0.25, 0.3) is 5.56 Å². The monoisotopic (exact) mass is 289 g/mol. The Balaban J connectivity index is 2.40. The van der Waals surface area contributed by atoms with Crippen LogP contribution in [0.15, 0.2) is 22.9 Å². The highest BCUT2D eigenvalue weighted by atomic mass is 16.2. The molecule has 1 heterocycles. The number of carbonyl (C=O) groups is 2. The predicted octanol–water partition coefficient (Wildman–Crippen LogP) is 1.15. The summed E-state index contributed by atoms with van der Waals surface area (Å²) in [5, 5.41) is -0.158. The first-order valence-corrected chi connectivity index (χ1v) is 6.36. The maximum atomic E-state index is 13.0.